The number of aliphatic carboxylic acids is 2. The summed E-state index contributed by atoms with van der Waals surface area (Å²) in [5.74, 6) is -2.43. The fourth-order valence-electron chi connectivity index (χ4n) is 3.74. The van der Waals surface area contributed by atoms with E-state index in [1.165, 1.54) is 4.90 Å². The summed E-state index contributed by atoms with van der Waals surface area (Å²) in [7, 11) is 0. The molecule has 1 aliphatic heterocycles. The summed E-state index contributed by atoms with van der Waals surface area (Å²) in [6.45, 7) is 0.842. The highest BCUT2D eigenvalue weighted by atomic mass is 35.5. The first kappa shape index (κ1) is 24.1. The molecule has 5 N–H and O–H groups in total. The van der Waals surface area contributed by atoms with Crippen molar-refractivity contribution in [3.05, 3.63) is 34.9 Å². The van der Waals surface area contributed by atoms with E-state index >= 15 is 0 Å². The first-order valence-electron chi connectivity index (χ1n) is 10.3. The highest BCUT2D eigenvalue weighted by Gasteiger charge is 2.38. The highest BCUT2D eigenvalue weighted by molar-refractivity contribution is 6.30. The molecule has 0 aliphatic carbocycles. The van der Waals surface area contributed by atoms with Crippen LogP contribution in [-0.4, -0.2) is 64.2 Å². The lowest BCUT2D eigenvalue weighted by atomic mass is 10.0. The first-order chi connectivity index (χ1) is 14.3. The SMILES string of the molecule is NCCCCC(NC(CCc1ccc(Cl)cc1)C(=O)O)C(=O)N1CCC[C@H]1C(=O)O. The van der Waals surface area contributed by atoms with Crippen molar-refractivity contribution in [1.82, 2.24) is 10.2 Å². The van der Waals surface area contributed by atoms with Crippen LogP contribution in [0, 0.1) is 0 Å². The van der Waals surface area contributed by atoms with Crippen LogP contribution >= 0.6 is 11.6 Å². The molecule has 1 aliphatic rings. The molecule has 9 heteroatoms. The number of nitrogens with two attached hydrogens (primary N) is 1. The highest BCUT2D eigenvalue weighted by Crippen LogP contribution is 2.20. The molecule has 1 aromatic carbocycles. The topological polar surface area (TPSA) is 133 Å². The van der Waals surface area contributed by atoms with Gasteiger partial charge in [0, 0.05) is 11.6 Å². The van der Waals surface area contributed by atoms with Crippen molar-refractivity contribution in [2.24, 2.45) is 5.73 Å². The molecule has 1 amide bonds. The lowest BCUT2D eigenvalue weighted by Gasteiger charge is -2.29. The number of carbonyl (C=O) groups excluding carboxylic acids is 1. The minimum absolute atomic E-state index is 0.292. The van der Waals surface area contributed by atoms with Crippen molar-refractivity contribution < 1.29 is 24.6 Å². The number of unbranched alkanes of at least 4 members (excludes halogenated alkanes) is 1. The molecule has 2 rings (SSSR count). The van der Waals surface area contributed by atoms with E-state index in [9.17, 15) is 24.6 Å². The number of carbonyl (C=O) groups is 3. The summed E-state index contributed by atoms with van der Waals surface area (Å²) in [5.41, 5.74) is 6.50. The van der Waals surface area contributed by atoms with Gasteiger partial charge in [-0.1, -0.05) is 30.2 Å². The van der Waals surface area contributed by atoms with Gasteiger partial charge >= 0.3 is 11.9 Å². The third-order valence-electron chi connectivity index (χ3n) is 5.40. The zero-order valence-electron chi connectivity index (χ0n) is 16.9. The number of aryl methyl sites for hydroxylation is 1. The van der Waals surface area contributed by atoms with Gasteiger partial charge in [0.2, 0.25) is 5.91 Å². The molecule has 0 bridgehead atoms. The number of carboxylic acid groups (broad SMARTS) is 2. The third kappa shape index (κ3) is 6.97. The summed E-state index contributed by atoms with van der Waals surface area (Å²) in [4.78, 5) is 37.8. The number of likely N-dealkylation sites (tertiary alicyclic amines) is 1. The van der Waals surface area contributed by atoms with Gasteiger partial charge in [0.15, 0.2) is 0 Å². The molecule has 1 heterocycles. The van der Waals surface area contributed by atoms with Crippen molar-refractivity contribution in [2.45, 2.75) is 63.1 Å². The van der Waals surface area contributed by atoms with E-state index in [0.717, 1.165) is 5.56 Å². The lowest BCUT2D eigenvalue weighted by molar-refractivity contribution is -0.149. The van der Waals surface area contributed by atoms with Crippen LogP contribution in [-0.2, 0) is 20.8 Å². The fourth-order valence-corrected chi connectivity index (χ4v) is 3.87. The molecule has 166 valence electrons. The van der Waals surface area contributed by atoms with E-state index in [-0.39, 0.29) is 5.91 Å². The first-order valence-corrected chi connectivity index (χ1v) is 10.7. The number of nitrogens with one attached hydrogen (secondary N) is 1. The Kier molecular flexibility index (Phi) is 9.55. The molecule has 1 fully saturated rings. The molecule has 0 radical (unpaired) electrons. The number of halogens is 1. The molecule has 1 aromatic rings. The van der Waals surface area contributed by atoms with Crippen LogP contribution in [0.15, 0.2) is 24.3 Å². The molecule has 0 saturated carbocycles. The second kappa shape index (κ2) is 11.9. The maximum atomic E-state index is 13.1. The molecule has 0 aromatic heterocycles. The molecule has 30 heavy (non-hydrogen) atoms. The number of benzene rings is 1. The van der Waals surface area contributed by atoms with Crippen molar-refractivity contribution in [2.75, 3.05) is 13.1 Å². The molecular weight excluding hydrogens is 410 g/mol. The average Bonchev–Trinajstić information content (AvgIpc) is 3.20. The van der Waals surface area contributed by atoms with E-state index in [2.05, 4.69) is 5.32 Å². The summed E-state index contributed by atoms with van der Waals surface area (Å²) >= 11 is 5.89. The van der Waals surface area contributed by atoms with Gasteiger partial charge in [-0.05, 0) is 62.8 Å². The molecule has 3 atom stereocenters. The van der Waals surface area contributed by atoms with Crippen LogP contribution < -0.4 is 11.1 Å². The Balaban J connectivity index is 2.08. The van der Waals surface area contributed by atoms with Gasteiger partial charge < -0.3 is 20.8 Å². The van der Waals surface area contributed by atoms with Crippen molar-refractivity contribution in [1.29, 1.82) is 0 Å². The van der Waals surface area contributed by atoms with Crippen LogP contribution in [0.1, 0.15) is 44.1 Å². The van der Waals surface area contributed by atoms with Crippen LogP contribution in [0.3, 0.4) is 0 Å². The number of hydrogen-bond acceptors (Lipinski definition) is 5. The second-order valence-corrected chi connectivity index (χ2v) is 8.02. The predicted molar refractivity (Wildman–Crippen MR) is 113 cm³/mol. The number of amides is 1. The van der Waals surface area contributed by atoms with Crippen molar-refractivity contribution in [3.63, 3.8) is 0 Å². The Morgan fingerprint density at radius 3 is 2.43 bits per heavy atom. The number of nitrogens with zero attached hydrogens (tertiary/aromatic N) is 1. The van der Waals surface area contributed by atoms with Crippen LogP contribution in [0.2, 0.25) is 5.02 Å². The van der Waals surface area contributed by atoms with E-state index in [1.54, 1.807) is 12.1 Å². The van der Waals surface area contributed by atoms with E-state index in [1.807, 2.05) is 12.1 Å². The van der Waals surface area contributed by atoms with Crippen LogP contribution in [0.5, 0.6) is 0 Å². The van der Waals surface area contributed by atoms with Gasteiger partial charge in [0.1, 0.15) is 12.1 Å². The van der Waals surface area contributed by atoms with E-state index < -0.39 is 30.1 Å². The number of rotatable bonds is 12. The van der Waals surface area contributed by atoms with Crippen LogP contribution in [0.25, 0.3) is 0 Å². The monoisotopic (exact) mass is 439 g/mol. The maximum Gasteiger partial charge on any atom is 0.326 e. The summed E-state index contributed by atoms with van der Waals surface area (Å²) < 4.78 is 0. The smallest absolute Gasteiger partial charge is 0.326 e. The Bertz CT molecular complexity index is 728. The summed E-state index contributed by atoms with van der Waals surface area (Å²) in [5, 5.41) is 22.7. The van der Waals surface area contributed by atoms with E-state index in [4.69, 9.17) is 17.3 Å². The molecule has 0 spiro atoms. The lowest BCUT2D eigenvalue weighted by Crippen LogP contribution is -2.54. The van der Waals surface area contributed by atoms with Crippen molar-refractivity contribution >= 4 is 29.4 Å². The average molecular weight is 440 g/mol. The Morgan fingerprint density at radius 2 is 1.83 bits per heavy atom. The minimum Gasteiger partial charge on any atom is -0.480 e. The zero-order valence-corrected chi connectivity index (χ0v) is 17.7. The largest absolute Gasteiger partial charge is 0.480 e. The van der Waals surface area contributed by atoms with Gasteiger partial charge in [-0.15, -0.1) is 0 Å². The Morgan fingerprint density at radius 1 is 1.13 bits per heavy atom. The standard InChI is InChI=1S/C21H30ClN3O5/c22-15-9-6-14(7-10-15)8-11-17(20(27)28)24-16(4-1-2-12-23)19(26)25-13-3-5-18(25)21(29)30/h6-7,9-10,16-18,24H,1-5,8,11-13,23H2,(H,27,28)(H,29,30)/t16?,17?,18-/m0/s1. The van der Waals surface area contributed by atoms with Crippen molar-refractivity contribution in [3.8, 4) is 0 Å². The van der Waals surface area contributed by atoms with Gasteiger partial charge in [0.25, 0.3) is 0 Å². The second-order valence-electron chi connectivity index (χ2n) is 7.59. The molecular formula is C21H30ClN3O5. The summed E-state index contributed by atoms with van der Waals surface area (Å²) in [6, 6.07) is 4.63. The van der Waals surface area contributed by atoms with E-state index in [0.29, 0.717) is 63.1 Å². The molecule has 1 saturated heterocycles. The third-order valence-corrected chi connectivity index (χ3v) is 5.65. The number of hydrogen-bond donors (Lipinski definition) is 4. The molecule has 8 nitrogen and oxygen atoms in total. The maximum absolute atomic E-state index is 13.1. The Hall–Kier alpha value is -2.16. The minimum atomic E-state index is -1.04. The van der Waals surface area contributed by atoms with Gasteiger partial charge in [0.05, 0.1) is 6.04 Å². The normalized spacial score (nSPS) is 18.2. The predicted octanol–water partition coefficient (Wildman–Crippen LogP) is 1.89. The zero-order chi connectivity index (χ0) is 22.1. The number of carboxylic acids is 2. The summed E-state index contributed by atoms with van der Waals surface area (Å²) in [6.07, 6.45) is 3.59. The fraction of sp³-hybridized carbons (Fsp3) is 0.571. The van der Waals surface area contributed by atoms with Gasteiger partial charge in [-0.3, -0.25) is 14.9 Å². The van der Waals surface area contributed by atoms with Crippen LogP contribution in [0.4, 0.5) is 0 Å². The Labute approximate surface area is 181 Å². The van der Waals surface area contributed by atoms with Gasteiger partial charge in [-0.2, -0.15) is 0 Å². The quantitative estimate of drug-likeness (QED) is 0.365. The van der Waals surface area contributed by atoms with Gasteiger partial charge in [-0.25, -0.2) is 4.79 Å². The molecule has 2 unspecified atom stereocenters.